The quantitative estimate of drug-likeness (QED) is 0.804. The molecule has 1 fully saturated rings. The fraction of sp³-hybridized carbons (Fsp3) is 0.353. The van der Waals surface area contributed by atoms with E-state index in [1.165, 1.54) is 20.1 Å². The van der Waals surface area contributed by atoms with Crippen LogP contribution in [0.15, 0.2) is 24.3 Å². The summed E-state index contributed by atoms with van der Waals surface area (Å²) in [7, 11) is -2.88. The first kappa shape index (κ1) is 19.2. The molecule has 1 atom stereocenters. The van der Waals surface area contributed by atoms with Crippen LogP contribution in [0.1, 0.15) is 52.7 Å². The van der Waals surface area contributed by atoms with Gasteiger partial charge >= 0.3 is 0 Å². The topological polar surface area (TPSA) is 98.2 Å². The lowest BCUT2D eigenvalue weighted by Gasteiger charge is -2.15. The van der Waals surface area contributed by atoms with Crippen molar-refractivity contribution in [2.45, 2.75) is 30.9 Å². The zero-order valence-corrected chi connectivity index (χ0v) is 15.4. The molecule has 1 amide bonds. The third-order valence-corrected chi connectivity index (χ3v) is 5.96. The van der Waals surface area contributed by atoms with Gasteiger partial charge in [0.05, 0.1) is 7.11 Å². The number of sulfonamides is 1. The van der Waals surface area contributed by atoms with E-state index >= 15 is 0 Å². The molecule has 7 nitrogen and oxygen atoms in total. The Morgan fingerprint density at radius 3 is 2.56 bits per heavy atom. The van der Waals surface area contributed by atoms with Gasteiger partial charge in [0.15, 0.2) is 5.69 Å². The van der Waals surface area contributed by atoms with Crippen LogP contribution in [-0.2, 0) is 10.0 Å². The Kier molecular flexibility index (Phi) is 5.09. The molecule has 0 bridgehead atoms. The van der Waals surface area contributed by atoms with Crippen LogP contribution in [-0.4, -0.2) is 31.6 Å². The Morgan fingerprint density at radius 2 is 1.96 bits per heavy atom. The van der Waals surface area contributed by atoms with Crippen molar-refractivity contribution < 1.29 is 26.7 Å². The molecule has 0 saturated heterocycles. The highest BCUT2D eigenvalue weighted by Gasteiger charge is 2.31. The molecule has 0 spiro atoms. The monoisotopic (exact) mass is 397 g/mol. The van der Waals surface area contributed by atoms with Crippen molar-refractivity contribution in [1.29, 1.82) is 0 Å². The molecule has 10 heteroatoms. The summed E-state index contributed by atoms with van der Waals surface area (Å²) in [6.07, 6.45) is 1.90. The molecule has 1 saturated carbocycles. The predicted molar refractivity (Wildman–Crippen MR) is 91.7 cm³/mol. The summed E-state index contributed by atoms with van der Waals surface area (Å²) >= 11 is 0. The van der Waals surface area contributed by atoms with Crippen molar-refractivity contribution in [1.82, 2.24) is 14.9 Å². The van der Waals surface area contributed by atoms with E-state index in [4.69, 9.17) is 4.74 Å². The number of amides is 1. The van der Waals surface area contributed by atoms with E-state index in [-0.39, 0.29) is 17.2 Å². The van der Waals surface area contributed by atoms with Gasteiger partial charge in [0.1, 0.15) is 28.3 Å². The van der Waals surface area contributed by atoms with Crippen LogP contribution in [0.5, 0.6) is 5.75 Å². The zero-order valence-electron chi connectivity index (χ0n) is 14.6. The number of halogens is 2. The highest BCUT2D eigenvalue weighted by molar-refractivity contribution is 7.90. The second kappa shape index (κ2) is 7.18. The Bertz CT molecular complexity index is 994. The van der Waals surface area contributed by atoms with Crippen molar-refractivity contribution in [3.63, 3.8) is 0 Å². The lowest BCUT2D eigenvalue weighted by Crippen LogP contribution is -2.34. The normalized spacial score (nSPS) is 15.3. The molecule has 1 aromatic heterocycles. The minimum Gasteiger partial charge on any atom is -0.495 e. The lowest BCUT2D eigenvalue weighted by molar-refractivity contribution is 0.0974. The molecule has 0 radical (unpaired) electrons. The first-order valence-corrected chi connectivity index (χ1v) is 9.70. The standard InChI is InChI=1S/C17H17F2N3O4S/c1-9(12-6-5-11(18)7-13(12)19)27(24,25)22-17(23)14-8-15(26-2)16(21-20-14)10-3-4-10/h5-10H,3-4H2,1-2H3,(H,22,23). The number of hydrogen-bond acceptors (Lipinski definition) is 6. The summed E-state index contributed by atoms with van der Waals surface area (Å²) in [5, 5.41) is 6.29. The third kappa shape index (κ3) is 4.05. The zero-order chi connectivity index (χ0) is 19.8. The average Bonchev–Trinajstić information content (AvgIpc) is 3.45. The number of nitrogens with one attached hydrogen (secondary N) is 1. The first-order chi connectivity index (χ1) is 12.7. The van der Waals surface area contributed by atoms with Crippen LogP contribution in [0.3, 0.4) is 0 Å². The summed E-state index contributed by atoms with van der Waals surface area (Å²) in [6.45, 7) is 1.19. The van der Waals surface area contributed by atoms with Gasteiger partial charge in [-0.1, -0.05) is 6.07 Å². The molecular weight excluding hydrogens is 380 g/mol. The largest absolute Gasteiger partial charge is 0.495 e. The first-order valence-electron chi connectivity index (χ1n) is 8.15. The van der Waals surface area contributed by atoms with Gasteiger partial charge in [-0.25, -0.2) is 21.9 Å². The van der Waals surface area contributed by atoms with Crippen LogP contribution in [0.2, 0.25) is 0 Å². The summed E-state index contributed by atoms with van der Waals surface area (Å²) in [4.78, 5) is 12.3. The minimum absolute atomic E-state index is 0.231. The number of rotatable bonds is 6. The number of ether oxygens (including phenoxy) is 1. The summed E-state index contributed by atoms with van der Waals surface area (Å²) in [5.41, 5.74) is 0.120. The number of hydrogen-bond donors (Lipinski definition) is 1. The molecule has 1 unspecified atom stereocenters. The number of nitrogens with zero attached hydrogens (tertiary/aromatic N) is 2. The molecule has 1 heterocycles. The van der Waals surface area contributed by atoms with Gasteiger partial charge in [-0.3, -0.25) is 4.79 Å². The Labute approximate surface area is 154 Å². The van der Waals surface area contributed by atoms with Gasteiger partial charge < -0.3 is 4.74 Å². The molecule has 3 rings (SSSR count). The number of methoxy groups -OCH3 is 1. The minimum atomic E-state index is -4.30. The molecule has 0 aliphatic heterocycles. The fourth-order valence-corrected chi connectivity index (χ4v) is 3.63. The van der Waals surface area contributed by atoms with Crippen molar-refractivity contribution in [2.75, 3.05) is 7.11 Å². The molecule has 144 valence electrons. The Balaban J connectivity index is 1.81. The molecule has 1 aliphatic carbocycles. The number of carbonyl (C=O) groups excluding carboxylic acids is 1. The average molecular weight is 397 g/mol. The van der Waals surface area contributed by atoms with Crippen molar-refractivity contribution in [3.8, 4) is 5.75 Å². The molecule has 27 heavy (non-hydrogen) atoms. The van der Waals surface area contributed by atoms with E-state index < -0.39 is 32.8 Å². The maximum atomic E-state index is 13.9. The van der Waals surface area contributed by atoms with Crippen LogP contribution in [0, 0.1) is 11.6 Å². The molecular formula is C17H17F2N3O4S. The van der Waals surface area contributed by atoms with Crippen LogP contribution in [0.25, 0.3) is 0 Å². The fourth-order valence-electron chi connectivity index (χ4n) is 2.57. The summed E-state index contributed by atoms with van der Waals surface area (Å²) < 4.78 is 58.8. The van der Waals surface area contributed by atoms with Crippen LogP contribution < -0.4 is 9.46 Å². The lowest BCUT2D eigenvalue weighted by atomic mass is 10.1. The number of carbonyl (C=O) groups is 1. The van der Waals surface area contributed by atoms with E-state index in [2.05, 4.69) is 10.2 Å². The molecule has 1 aromatic carbocycles. The second-order valence-electron chi connectivity index (χ2n) is 6.24. The van der Waals surface area contributed by atoms with Gasteiger partial charge in [0, 0.05) is 23.6 Å². The number of benzene rings is 1. The highest BCUT2D eigenvalue weighted by Crippen LogP contribution is 2.42. The summed E-state index contributed by atoms with van der Waals surface area (Å²) in [5.74, 6) is -2.28. The van der Waals surface area contributed by atoms with E-state index in [0.29, 0.717) is 17.5 Å². The van der Waals surface area contributed by atoms with Gasteiger partial charge in [0.25, 0.3) is 5.91 Å². The summed E-state index contributed by atoms with van der Waals surface area (Å²) in [6, 6.07) is 3.86. The van der Waals surface area contributed by atoms with Crippen LogP contribution in [0.4, 0.5) is 8.78 Å². The maximum Gasteiger partial charge on any atom is 0.285 e. The smallest absolute Gasteiger partial charge is 0.285 e. The SMILES string of the molecule is COc1cc(C(=O)NS(=O)(=O)C(C)c2ccc(F)cc2F)nnc1C1CC1. The van der Waals surface area contributed by atoms with E-state index in [1.807, 2.05) is 4.72 Å². The number of aromatic nitrogens is 2. The Morgan fingerprint density at radius 1 is 1.26 bits per heavy atom. The predicted octanol–water partition coefficient (Wildman–Crippen LogP) is 2.46. The van der Waals surface area contributed by atoms with E-state index in [1.54, 1.807) is 0 Å². The molecule has 2 aromatic rings. The van der Waals surface area contributed by atoms with E-state index in [9.17, 15) is 22.0 Å². The molecule has 1 aliphatic rings. The molecule has 1 N–H and O–H groups in total. The third-order valence-electron chi connectivity index (χ3n) is 4.30. The second-order valence-corrected chi connectivity index (χ2v) is 8.24. The van der Waals surface area contributed by atoms with Crippen molar-refractivity contribution in [2.24, 2.45) is 0 Å². The maximum absolute atomic E-state index is 13.9. The van der Waals surface area contributed by atoms with Gasteiger partial charge in [0.2, 0.25) is 10.0 Å². The Hall–Kier alpha value is -2.62. The van der Waals surface area contributed by atoms with Gasteiger partial charge in [-0.05, 0) is 25.8 Å². The van der Waals surface area contributed by atoms with Crippen molar-refractivity contribution in [3.05, 3.63) is 52.9 Å². The van der Waals surface area contributed by atoms with Crippen molar-refractivity contribution >= 4 is 15.9 Å². The highest BCUT2D eigenvalue weighted by atomic mass is 32.2. The van der Waals surface area contributed by atoms with Gasteiger partial charge in [-0.2, -0.15) is 5.10 Å². The van der Waals surface area contributed by atoms with E-state index in [0.717, 1.165) is 25.0 Å². The van der Waals surface area contributed by atoms with Gasteiger partial charge in [-0.15, -0.1) is 5.10 Å². The van der Waals surface area contributed by atoms with Crippen LogP contribution >= 0.6 is 0 Å².